The molecule has 19 heavy (non-hydrogen) atoms. The van der Waals surface area contributed by atoms with Crippen molar-refractivity contribution in [1.29, 1.82) is 0 Å². The summed E-state index contributed by atoms with van der Waals surface area (Å²) in [5.41, 5.74) is 2.83. The van der Waals surface area contributed by atoms with Crippen LogP contribution in [0.25, 0.3) is 0 Å². The molecule has 4 heteroatoms. The number of aryl methyl sites for hydroxylation is 1. The lowest BCUT2D eigenvalue weighted by atomic mass is 10.1. The Balaban J connectivity index is 2.22. The van der Waals surface area contributed by atoms with Gasteiger partial charge >= 0.3 is 0 Å². The molecule has 0 aliphatic carbocycles. The summed E-state index contributed by atoms with van der Waals surface area (Å²) in [7, 11) is 0. The third-order valence-electron chi connectivity index (χ3n) is 2.95. The summed E-state index contributed by atoms with van der Waals surface area (Å²) in [4.78, 5) is 0. The molecule has 0 fully saturated rings. The van der Waals surface area contributed by atoms with Crippen LogP contribution in [0.4, 0.5) is 5.69 Å². The fourth-order valence-electron chi connectivity index (χ4n) is 1.84. The smallest absolute Gasteiger partial charge is 0.0745 e. The number of halogens is 2. The van der Waals surface area contributed by atoms with Crippen LogP contribution in [-0.2, 0) is 0 Å². The second-order valence-corrected chi connectivity index (χ2v) is 5.24. The first-order chi connectivity index (χ1) is 9.10. The van der Waals surface area contributed by atoms with Gasteiger partial charge < -0.3 is 10.4 Å². The molecule has 2 aromatic carbocycles. The van der Waals surface area contributed by atoms with E-state index in [2.05, 4.69) is 5.32 Å². The van der Waals surface area contributed by atoms with Gasteiger partial charge in [0.1, 0.15) is 0 Å². The van der Waals surface area contributed by atoms with Gasteiger partial charge in [0.2, 0.25) is 0 Å². The molecule has 1 unspecified atom stereocenters. The highest BCUT2D eigenvalue weighted by Crippen LogP contribution is 2.25. The van der Waals surface area contributed by atoms with Crippen molar-refractivity contribution >= 4 is 28.9 Å². The van der Waals surface area contributed by atoms with Crippen LogP contribution in [0.5, 0.6) is 0 Å². The first-order valence-corrected chi connectivity index (χ1v) is 6.75. The molecule has 0 aliphatic rings. The molecule has 0 saturated carbocycles. The lowest BCUT2D eigenvalue weighted by Crippen LogP contribution is -2.14. The van der Waals surface area contributed by atoms with Crippen LogP contribution in [0.15, 0.2) is 42.5 Å². The van der Waals surface area contributed by atoms with Gasteiger partial charge in [0.05, 0.1) is 12.6 Å². The zero-order valence-corrected chi connectivity index (χ0v) is 12.0. The molecular weight excluding hydrogens is 281 g/mol. The summed E-state index contributed by atoms with van der Waals surface area (Å²) < 4.78 is 0. The number of hydrogen-bond donors (Lipinski definition) is 2. The van der Waals surface area contributed by atoms with Gasteiger partial charge in [-0.25, -0.2) is 0 Å². The number of anilines is 1. The SMILES string of the molecule is Cc1ccc(C(CO)Nc2cccc(Cl)c2)cc1Cl. The van der Waals surface area contributed by atoms with E-state index in [0.717, 1.165) is 16.8 Å². The highest BCUT2D eigenvalue weighted by atomic mass is 35.5. The normalized spacial score (nSPS) is 12.2. The molecular formula is C15H15Cl2NO. The molecule has 0 heterocycles. The van der Waals surface area contributed by atoms with Crippen LogP contribution in [0.2, 0.25) is 10.0 Å². The quantitative estimate of drug-likeness (QED) is 0.873. The van der Waals surface area contributed by atoms with Crippen molar-refractivity contribution in [1.82, 2.24) is 0 Å². The van der Waals surface area contributed by atoms with Crippen LogP contribution in [-0.4, -0.2) is 11.7 Å². The molecule has 2 N–H and O–H groups in total. The topological polar surface area (TPSA) is 32.3 Å². The molecule has 2 nitrogen and oxygen atoms in total. The van der Waals surface area contributed by atoms with Crippen molar-refractivity contribution in [2.24, 2.45) is 0 Å². The molecule has 0 aromatic heterocycles. The average Bonchev–Trinajstić information content (AvgIpc) is 2.39. The van der Waals surface area contributed by atoms with Crippen LogP contribution in [0.3, 0.4) is 0 Å². The Labute approximate surface area is 123 Å². The van der Waals surface area contributed by atoms with Crippen molar-refractivity contribution in [2.45, 2.75) is 13.0 Å². The van der Waals surface area contributed by atoms with Gasteiger partial charge in [0.25, 0.3) is 0 Å². The van der Waals surface area contributed by atoms with Gasteiger partial charge in [0.15, 0.2) is 0 Å². The van der Waals surface area contributed by atoms with Crippen molar-refractivity contribution in [3.63, 3.8) is 0 Å². The number of nitrogens with one attached hydrogen (secondary N) is 1. The van der Waals surface area contributed by atoms with E-state index in [9.17, 15) is 5.11 Å². The highest BCUT2D eigenvalue weighted by molar-refractivity contribution is 6.31. The van der Waals surface area contributed by atoms with E-state index in [1.54, 1.807) is 0 Å². The first-order valence-electron chi connectivity index (χ1n) is 5.99. The Kier molecular flexibility index (Phi) is 4.70. The minimum Gasteiger partial charge on any atom is -0.394 e. The Morgan fingerprint density at radius 2 is 1.95 bits per heavy atom. The van der Waals surface area contributed by atoms with E-state index in [0.29, 0.717) is 10.0 Å². The van der Waals surface area contributed by atoms with E-state index in [1.165, 1.54) is 0 Å². The Morgan fingerprint density at radius 3 is 2.58 bits per heavy atom. The lowest BCUT2D eigenvalue weighted by molar-refractivity contribution is 0.276. The maximum atomic E-state index is 9.53. The average molecular weight is 296 g/mol. The number of aliphatic hydroxyl groups is 1. The molecule has 2 aromatic rings. The van der Waals surface area contributed by atoms with Crippen LogP contribution >= 0.6 is 23.2 Å². The lowest BCUT2D eigenvalue weighted by Gasteiger charge is -2.19. The predicted molar refractivity (Wildman–Crippen MR) is 81.1 cm³/mol. The molecule has 2 rings (SSSR count). The summed E-state index contributed by atoms with van der Waals surface area (Å²) >= 11 is 12.1. The number of hydrogen-bond acceptors (Lipinski definition) is 2. The fraction of sp³-hybridized carbons (Fsp3) is 0.200. The van der Waals surface area contributed by atoms with Crippen molar-refractivity contribution < 1.29 is 5.11 Å². The summed E-state index contributed by atoms with van der Waals surface area (Å²) in [5.74, 6) is 0. The Morgan fingerprint density at radius 1 is 1.16 bits per heavy atom. The number of benzene rings is 2. The van der Waals surface area contributed by atoms with Gasteiger partial charge in [0, 0.05) is 15.7 Å². The second kappa shape index (κ2) is 6.29. The van der Waals surface area contributed by atoms with E-state index in [4.69, 9.17) is 23.2 Å². The summed E-state index contributed by atoms with van der Waals surface area (Å²) in [6, 6.07) is 13.0. The summed E-state index contributed by atoms with van der Waals surface area (Å²) in [6.07, 6.45) is 0. The van der Waals surface area contributed by atoms with Crippen LogP contribution in [0, 0.1) is 6.92 Å². The molecule has 0 aliphatic heterocycles. The molecule has 100 valence electrons. The van der Waals surface area contributed by atoms with Gasteiger partial charge in [-0.05, 0) is 42.3 Å². The zero-order valence-electron chi connectivity index (χ0n) is 10.5. The predicted octanol–water partition coefficient (Wildman–Crippen LogP) is 4.45. The van der Waals surface area contributed by atoms with Gasteiger partial charge in [-0.15, -0.1) is 0 Å². The molecule has 0 saturated heterocycles. The van der Waals surface area contributed by atoms with E-state index in [1.807, 2.05) is 49.4 Å². The van der Waals surface area contributed by atoms with E-state index >= 15 is 0 Å². The molecule has 0 bridgehead atoms. The van der Waals surface area contributed by atoms with Crippen molar-refractivity contribution in [2.75, 3.05) is 11.9 Å². The molecule has 0 spiro atoms. The van der Waals surface area contributed by atoms with E-state index in [-0.39, 0.29) is 12.6 Å². The molecule has 0 radical (unpaired) electrons. The third kappa shape index (κ3) is 3.63. The molecule has 0 amide bonds. The maximum absolute atomic E-state index is 9.53. The third-order valence-corrected chi connectivity index (χ3v) is 3.59. The van der Waals surface area contributed by atoms with Gasteiger partial charge in [-0.3, -0.25) is 0 Å². The number of aliphatic hydroxyl groups excluding tert-OH is 1. The maximum Gasteiger partial charge on any atom is 0.0745 e. The summed E-state index contributed by atoms with van der Waals surface area (Å²) in [5, 5.41) is 14.1. The molecule has 1 atom stereocenters. The van der Waals surface area contributed by atoms with Crippen LogP contribution in [0.1, 0.15) is 17.2 Å². The van der Waals surface area contributed by atoms with E-state index < -0.39 is 0 Å². The fourth-order valence-corrected chi connectivity index (χ4v) is 2.22. The monoisotopic (exact) mass is 295 g/mol. The van der Waals surface area contributed by atoms with Gasteiger partial charge in [-0.1, -0.05) is 41.4 Å². The standard InChI is InChI=1S/C15H15Cl2NO/c1-10-5-6-11(7-14(10)17)15(9-19)18-13-4-2-3-12(16)8-13/h2-8,15,18-19H,9H2,1H3. The Bertz CT molecular complexity index is 572. The van der Waals surface area contributed by atoms with Gasteiger partial charge in [-0.2, -0.15) is 0 Å². The minimum atomic E-state index is -0.212. The first kappa shape index (κ1) is 14.2. The van der Waals surface area contributed by atoms with Crippen molar-refractivity contribution in [3.05, 3.63) is 63.6 Å². The Hall–Kier alpha value is -1.22. The minimum absolute atomic E-state index is 0.0219. The number of rotatable bonds is 4. The van der Waals surface area contributed by atoms with Crippen molar-refractivity contribution in [3.8, 4) is 0 Å². The summed E-state index contributed by atoms with van der Waals surface area (Å²) in [6.45, 7) is 1.93. The highest BCUT2D eigenvalue weighted by Gasteiger charge is 2.11. The van der Waals surface area contributed by atoms with Crippen LogP contribution < -0.4 is 5.32 Å². The zero-order chi connectivity index (χ0) is 13.8. The largest absolute Gasteiger partial charge is 0.394 e. The second-order valence-electron chi connectivity index (χ2n) is 4.40.